The van der Waals surface area contributed by atoms with Crippen LogP contribution in [0.5, 0.6) is 5.75 Å². The molecule has 0 aliphatic carbocycles. The van der Waals surface area contributed by atoms with Gasteiger partial charge >= 0.3 is 0 Å². The van der Waals surface area contributed by atoms with Crippen molar-refractivity contribution in [2.24, 2.45) is 0 Å². The number of carbonyl (C=O) groups excluding carboxylic acids is 1. The van der Waals surface area contributed by atoms with Crippen LogP contribution >= 0.6 is 11.6 Å². The summed E-state index contributed by atoms with van der Waals surface area (Å²) in [5.74, 6) is 0.571. The van der Waals surface area contributed by atoms with Gasteiger partial charge in [-0.15, -0.1) is 0 Å². The van der Waals surface area contributed by atoms with Gasteiger partial charge in [0.1, 0.15) is 5.75 Å². The van der Waals surface area contributed by atoms with Crippen LogP contribution in [-0.2, 0) is 4.79 Å². The van der Waals surface area contributed by atoms with Crippen molar-refractivity contribution >= 4 is 17.5 Å². The molecule has 5 heteroatoms. The Morgan fingerprint density at radius 2 is 2.25 bits per heavy atom. The van der Waals surface area contributed by atoms with Crippen molar-refractivity contribution in [3.05, 3.63) is 29.3 Å². The molecule has 0 aromatic heterocycles. The lowest BCUT2D eigenvalue weighted by Gasteiger charge is -2.34. The second-order valence-corrected chi connectivity index (χ2v) is 5.51. The average molecular weight is 297 g/mol. The third-order valence-electron chi connectivity index (χ3n) is 3.63. The number of piperidine rings is 1. The molecule has 1 aliphatic heterocycles. The molecule has 1 aromatic rings. The normalized spacial score (nSPS) is 20.6. The van der Waals surface area contributed by atoms with E-state index in [1.165, 1.54) is 0 Å². The van der Waals surface area contributed by atoms with Crippen LogP contribution in [0.4, 0.5) is 0 Å². The molecule has 20 heavy (non-hydrogen) atoms. The predicted octanol–water partition coefficient (Wildman–Crippen LogP) is 2.32. The molecule has 4 nitrogen and oxygen atoms in total. The number of rotatable bonds is 4. The minimum Gasteiger partial charge on any atom is -0.479 e. The van der Waals surface area contributed by atoms with Gasteiger partial charge in [-0.3, -0.25) is 4.79 Å². The minimum atomic E-state index is -0.523. The van der Waals surface area contributed by atoms with E-state index in [-0.39, 0.29) is 5.91 Å². The van der Waals surface area contributed by atoms with E-state index in [4.69, 9.17) is 16.3 Å². The number of benzene rings is 1. The fourth-order valence-electron chi connectivity index (χ4n) is 2.45. The van der Waals surface area contributed by atoms with Gasteiger partial charge in [0.05, 0.1) is 5.02 Å². The molecule has 1 aromatic carbocycles. The number of likely N-dealkylation sites (tertiary alicyclic amines) is 1. The van der Waals surface area contributed by atoms with Crippen molar-refractivity contribution in [3.8, 4) is 5.75 Å². The number of hydrogen-bond acceptors (Lipinski definition) is 3. The molecular formula is C15H21ClN2O2. The van der Waals surface area contributed by atoms with E-state index in [1.807, 2.05) is 24.1 Å². The maximum Gasteiger partial charge on any atom is 0.263 e. The quantitative estimate of drug-likeness (QED) is 0.927. The van der Waals surface area contributed by atoms with Crippen molar-refractivity contribution in [1.29, 1.82) is 0 Å². The molecule has 0 saturated carbocycles. The van der Waals surface area contributed by atoms with Crippen LogP contribution in [-0.4, -0.2) is 43.1 Å². The van der Waals surface area contributed by atoms with Gasteiger partial charge in [-0.25, -0.2) is 0 Å². The molecule has 1 saturated heterocycles. The molecule has 0 unspecified atom stereocenters. The zero-order valence-electron chi connectivity index (χ0n) is 11.9. The highest BCUT2D eigenvalue weighted by Gasteiger charge is 2.27. The Bertz CT molecular complexity index is 467. The Morgan fingerprint density at radius 1 is 1.50 bits per heavy atom. The summed E-state index contributed by atoms with van der Waals surface area (Å²) in [6.07, 6.45) is 1.61. The first-order valence-electron chi connectivity index (χ1n) is 6.99. The molecule has 2 atom stereocenters. The van der Waals surface area contributed by atoms with E-state index < -0.39 is 6.10 Å². The summed E-state index contributed by atoms with van der Waals surface area (Å²) in [6.45, 7) is 3.31. The second kappa shape index (κ2) is 6.95. The molecule has 0 radical (unpaired) electrons. The summed E-state index contributed by atoms with van der Waals surface area (Å²) >= 11 is 6.04. The fourth-order valence-corrected chi connectivity index (χ4v) is 2.63. The van der Waals surface area contributed by atoms with Gasteiger partial charge in [0, 0.05) is 19.1 Å². The molecule has 0 spiro atoms. The smallest absolute Gasteiger partial charge is 0.263 e. The Morgan fingerprint density at radius 3 is 2.95 bits per heavy atom. The predicted molar refractivity (Wildman–Crippen MR) is 80.2 cm³/mol. The lowest BCUT2D eigenvalue weighted by molar-refractivity contribution is -0.139. The summed E-state index contributed by atoms with van der Waals surface area (Å²) in [5, 5.41) is 3.76. The van der Waals surface area contributed by atoms with E-state index in [0.717, 1.165) is 25.9 Å². The summed E-state index contributed by atoms with van der Waals surface area (Å²) in [6, 6.07) is 7.59. The molecule has 1 heterocycles. The van der Waals surface area contributed by atoms with Gasteiger partial charge in [-0.1, -0.05) is 23.7 Å². The van der Waals surface area contributed by atoms with E-state index in [2.05, 4.69) is 5.32 Å². The highest BCUT2D eigenvalue weighted by atomic mass is 35.5. The summed E-state index contributed by atoms with van der Waals surface area (Å²) in [4.78, 5) is 14.3. The number of likely N-dealkylation sites (N-methyl/N-ethyl adjacent to an activating group) is 1. The largest absolute Gasteiger partial charge is 0.479 e. The number of hydrogen-bond donors (Lipinski definition) is 1. The topological polar surface area (TPSA) is 41.6 Å². The number of halogens is 1. The Kier molecular flexibility index (Phi) is 5.26. The van der Waals surface area contributed by atoms with Crippen molar-refractivity contribution in [1.82, 2.24) is 10.2 Å². The van der Waals surface area contributed by atoms with Gasteiger partial charge in [0.2, 0.25) is 0 Å². The lowest BCUT2D eigenvalue weighted by atomic mass is 10.1. The Balaban J connectivity index is 1.96. The molecule has 1 aliphatic rings. The van der Waals surface area contributed by atoms with E-state index in [0.29, 0.717) is 16.8 Å². The van der Waals surface area contributed by atoms with Crippen LogP contribution in [0.3, 0.4) is 0 Å². The van der Waals surface area contributed by atoms with E-state index in [1.54, 1.807) is 19.1 Å². The van der Waals surface area contributed by atoms with Crippen LogP contribution in [0, 0.1) is 0 Å². The molecule has 2 rings (SSSR count). The minimum absolute atomic E-state index is 0.0184. The third-order valence-corrected chi connectivity index (χ3v) is 3.94. The average Bonchev–Trinajstić information content (AvgIpc) is 2.48. The molecule has 1 amide bonds. The first kappa shape index (κ1) is 15.1. The standard InChI is InChI=1S/C15H21ClN2O2/c1-11(20-14-8-4-3-7-13(14)16)15(19)18-9-5-6-12(10-18)17-2/h3-4,7-8,11-12,17H,5-6,9-10H2,1-2H3/t11-,12+/m1/s1. The van der Waals surface area contributed by atoms with Gasteiger partial charge in [0.15, 0.2) is 6.10 Å². The van der Waals surface area contributed by atoms with Crippen LogP contribution < -0.4 is 10.1 Å². The SMILES string of the molecule is CN[C@H]1CCCN(C(=O)[C@@H](C)Oc2ccccc2Cl)C1. The van der Waals surface area contributed by atoms with Crippen LogP contribution in [0.2, 0.25) is 5.02 Å². The molecule has 1 fully saturated rings. The number of para-hydroxylation sites is 1. The maximum absolute atomic E-state index is 12.4. The number of carbonyl (C=O) groups is 1. The first-order valence-corrected chi connectivity index (χ1v) is 7.37. The summed E-state index contributed by atoms with van der Waals surface area (Å²) in [7, 11) is 1.93. The fraction of sp³-hybridized carbons (Fsp3) is 0.533. The van der Waals surface area contributed by atoms with Crippen molar-refractivity contribution < 1.29 is 9.53 Å². The summed E-state index contributed by atoms with van der Waals surface area (Å²) in [5.41, 5.74) is 0. The van der Waals surface area contributed by atoms with Crippen LogP contribution in [0.25, 0.3) is 0 Å². The second-order valence-electron chi connectivity index (χ2n) is 5.10. The van der Waals surface area contributed by atoms with E-state index >= 15 is 0 Å². The zero-order chi connectivity index (χ0) is 14.5. The maximum atomic E-state index is 12.4. The number of nitrogens with zero attached hydrogens (tertiary/aromatic N) is 1. The Labute approximate surface area is 125 Å². The van der Waals surface area contributed by atoms with Crippen molar-refractivity contribution in [3.63, 3.8) is 0 Å². The summed E-state index contributed by atoms with van der Waals surface area (Å²) < 4.78 is 5.69. The zero-order valence-corrected chi connectivity index (χ0v) is 12.7. The highest BCUT2D eigenvalue weighted by Crippen LogP contribution is 2.24. The molecular weight excluding hydrogens is 276 g/mol. The number of amides is 1. The van der Waals surface area contributed by atoms with Gasteiger partial charge < -0.3 is 15.0 Å². The van der Waals surface area contributed by atoms with Gasteiger partial charge in [-0.05, 0) is 38.9 Å². The molecule has 0 bridgehead atoms. The van der Waals surface area contributed by atoms with E-state index in [9.17, 15) is 4.79 Å². The highest BCUT2D eigenvalue weighted by molar-refractivity contribution is 6.32. The van der Waals surface area contributed by atoms with Crippen LogP contribution in [0.1, 0.15) is 19.8 Å². The molecule has 110 valence electrons. The monoisotopic (exact) mass is 296 g/mol. The van der Waals surface area contributed by atoms with Crippen molar-refractivity contribution in [2.45, 2.75) is 31.9 Å². The van der Waals surface area contributed by atoms with Crippen molar-refractivity contribution in [2.75, 3.05) is 20.1 Å². The van der Waals surface area contributed by atoms with Gasteiger partial charge in [-0.2, -0.15) is 0 Å². The lowest BCUT2D eigenvalue weighted by Crippen LogP contribution is -2.50. The van der Waals surface area contributed by atoms with Crippen LogP contribution in [0.15, 0.2) is 24.3 Å². The number of ether oxygens (including phenoxy) is 1. The number of nitrogens with one attached hydrogen (secondary N) is 1. The van der Waals surface area contributed by atoms with Gasteiger partial charge in [0.25, 0.3) is 5.91 Å². The third kappa shape index (κ3) is 3.64. The first-order chi connectivity index (χ1) is 9.61. The molecule has 1 N–H and O–H groups in total. The Hall–Kier alpha value is -1.26.